The van der Waals surface area contributed by atoms with E-state index in [1.54, 1.807) is 30.3 Å². The van der Waals surface area contributed by atoms with Gasteiger partial charge in [-0.25, -0.2) is 0 Å². The molecule has 1 saturated carbocycles. The summed E-state index contributed by atoms with van der Waals surface area (Å²) in [6.07, 6.45) is 5.57. The molecule has 4 aromatic rings. The molecule has 1 aliphatic carbocycles. The number of anilines is 1. The van der Waals surface area contributed by atoms with Crippen molar-refractivity contribution in [2.24, 2.45) is 0 Å². The first-order chi connectivity index (χ1) is 16.1. The molecule has 0 saturated heterocycles. The van der Waals surface area contributed by atoms with E-state index in [-0.39, 0.29) is 24.7 Å². The second-order valence-electron chi connectivity index (χ2n) is 8.72. The number of amides is 2. The Morgan fingerprint density at radius 1 is 0.788 bits per heavy atom. The van der Waals surface area contributed by atoms with E-state index >= 15 is 0 Å². The SMILES string of the molecule is O=C(NC1CCCCC1)c1ccc2cc(O)c(C(=O)Nc3cccc4ccccc34)cc2c1.[HH]. The molecule has 2 amide bonds. The van der Waals surface area contributed by atoms with Gasteiger partial charge in [-0.1, -0.05) is 61.7 Å². The van der Waals surface area contributed by atoms with Crippen LogP contribution in [0.25, 0.3) is 21.5 Å². The molecule has 3 N–H and O–H groups in total. The zero-order valence-corrected chi connectivity index (χ0v) is 18.3. The Labute approximate surface area is 193 Å². The molecule has 5 nitrogen and oxygen atoms in total. The highest BCUT2D eigenvalue weighted by Gasteiger charge is 2.18. The first-order valence-electron chi connectivity index (χ1n) is 11.5. The van der Waals surface area contributed by atoms with Crippen molar-refractivity contribution in [3.05, 3.63) is 83.9 Å². The first-order valence-corrected chi connectivity index (χ1v) is 11.5. The van der Waals surface area contributed by atoms with E-state index in [0.29, 0.717) is 11.3 Å². The fraction of sp³-hybridized carbons (Fsp3) is 0.214. The highest BCUT2D eigenvalue weighted by molar-refractivity contribution is 6.12. The quantitative estimate of drug-likeness (QED) is 0.350. The van der Waals surface area contributed by atoms with Crippen molar-refractivity contribution in [1.82, 2.24) is 5.32 Å². The van der Waals surface area contributed by atoms with Gasteiger partial charge in [-0.15, -0.1) is 0 Å². The zero-order valence-electron chi connectivity index (χ0n) is 18.3. The van der Waals surface area contributed by atoms with Gasteiger partial charge in [0.15, 0.2) is 0 Å². The van der Waals surface area contributed by atoms with Crippen LogP contribution in [0.2, 0.25) is 0 Å². The molecular formula is C28H28N2O3. The van der Waals surface area contributed by atoms with Crippen molar-refractivity contribution >= 4 is 39.0 Å². The smallest absolute Gasteiger partial charge is 0.259 e. The summed E-state index contributed by atoms with van der Waals surface area (Å²) in [5.41, 5.74) is 1.40. The predicted molar refractivity (Wildman–Crippen MR) is 134 cm³/mol. The summed E-state index contributed by atoms with van der Waals surface area (Å²) in [4.78, 5) is 25.8. The Hall–Kier alpha value is -3.86. The van der Waals surface area contributed by atoms with Gasteiger partial charge >= 0.3 is 0 Å². The molecule has 1 aliphatic rings. The number of benzene rings is 4. The van der Waals surface area contributed by atoms with E-state index in [2.05, 4.69) is 10.6 Å². The molecule has 33 heavy (non-hydrogen) atoms. The summed E-state index contributed by atoms with van der Waals surface area (Å²) in [5.74, 6) is -0.596. The van der Waals surface area contributed by atoms with Gasteiger partial charge in [0.25, 0.3) is 11.8 Å². The highest BCUT2D eigenvalue weighted by atomic mass is 16.3. The molecule has 168 valence electrons. The summed E-state index contributed by atoms with van der Waals surface area (Å²) in [6, 6.07) is 22.3. The maximum Gasteiger partial charge on any atom is 0.259 e. The molecule has 0 bridgehead atoms. The number of carbonyl (C=O) groups is 2. The van der Waals surface area contributed by atoms with Crippen LogP contribution in [-0.2, 0) is 0 Å². The lowest BCUT2D eigenvalue weighted by atomic mass is 9.95. The third-order valence-corrected chi connectivity index (χ3v) is 6.44. The molecule has 5 rings (SSSR count). The molecule has 0 atom stereocenters. The summed E-state index contributed by atoms with van der Waals surface area (Å²) >= 11 is 0. The largest absolute Gasteiger partial charge is 0.507 e. The molecule has 0 unspecified atom stereocenters. The Morgan fingerprint density at radius 2 is 1.58 bits per heavy atom. The minimum absolute atomic E-state index is 0. The second-order valence-corrected chi connectivity index (χ2v) is 8.72. The molecule has 1 fully saturated rings. The number of nitrogens with one attached hydrogen (secondary N) is 2. The van der Waals surface area contributed by atoms with Gasteiger partial charge in [0, 0.05) is 24.1 Å². The van der Waals surface area contributed by atoms with Crippen LogP contribution in [0.1, 0.15) is 54.2 Å². The maximum absolute atomic E-state index is 13.1. The van der Waals surface area contributed by atoms with Crippen LogP contribution in [-0.4, -0.2) is 23.0 Å². The minimum atomic E-state index is -0.400. The average Bonchev–Trinajstić information content (AvgIpc) is 2.84. The number of hydrogen-bond acceptors (Lipinski definition) is 3. The van der Waals surface area contributed by atoms with Crippen LogP contribution in [0.4, 0.5) is 5.69 Å². The topological polar surface area (TPSA) is 78.4 Å². The molecule has 0 spiro atoms. The number of phenolic OH excluding ortho intramolecular Hbond substituents is 1. The zero-order chi connectivity index (χ0) is 22.8. The van der Waals surface area contributed by atoms with Crippen molar-refractivity contribution in [2.45, 2.75) is 38.1 Å². The lowest BCUT2D eigenvalue weighted by Gasteiger charge is -2.22. The fourth-order valence-corrected chi connectivity index (χ4v) is 4.65. The Balaban J connectivity index is 0.00000274. The number of phenols is 1. The average molecular weight is 441 g/mol. The van der Waals surface area contributed by atoms with Gasteiger partial charge in [-0.3, -0.25) is 9.59 Å². The van der Waals surface area contributed by atoms with Crippen molar-refractivity contribution in [1.29, 1.82) is 0 Å². The van der Waals surface area contributed by atoms with Crippen LogP contribution in [0.15, 0.2) is 72.8 Å². The summed E-state index contributed by atoms with van der Waals surface area (Å²) < 4.78 is 0. The van der Waals surface area contributed by atoms with Crippen molar-refractivity contribution in [3.63, 3.8) is 0 Å². The molecule has 0 heterocycles. The Bertz CT molecular complexity index is 1360. The normalized spacial score (nSPS) is 14.3. The molecule has 5 heteroatoms. The number of aromatic hydroxyl groups is 1. The second kappa shape index (κ2) is 8.94. The molecule has 4 aromatic carbocycles. The maximum atomic E-state index is 13.1. The number of rotatable bonds is 4. The van der Waals surface area contributed by atoms with Gasteiger partial charge in [-0.05, 0) is 59.3 Å². The van der Waals surface area contributed by atoms with Crippen LogP contribution in [0.5, 0.6) is 5.75 Å². The van der Waals surface area contributed by atoms with Gasteiger partial charge in [0.1, 0.15) is 5.75 Å². The predicted octanol–water partition coefficient (Wildman–Crippen LogP) is 6.26. The van der Waals surface area contributed by atoms with E-state index in [1.807, 2.05) is 42.5 Å². The third kappa shape index (κ3) is 4.40. The van der Waals surface area contributed by atoms with Crippen LogP contribution >= 0.6 is 0 Å². The highest BCUT2D eigenvalue weighted by Crippen LogP contribution is 2.29. The fourth-order valence-electron chi connectivity index (χ4n) is 4.65. The number of fused-ring (bicyclic) bond motifs is 2. The van der Waals surface area contributed by atoms with Crippen LogP contribution in [0, 0.1) is 0 Å². The van der Waals surface area contributed by atoms with E-state index < -0.39 is 5.91 Å². The number of carbonyl (C=O) groups excluding carboxylic acids is 2. The Kier molecular flexibility index (Phi) is 5.69. The minimum Gasteiger partial charge on any atom is -0.507 e. The first kappa shape index (κ1) is 21.0. The van der Waals surface area contributed by atoms with E-state index in [9.17, 15) is 14.7 Å². The van der Waals surface area contributed by atoms with Crippen LogP contribution < -0.4 is 10.6 Å². The third-order valence-electron chi connectivity index (χ3n) is 6.44. The van der Waals surface area contributed by atoms with E-state index in [0.717, 1.165) is 47.2 Å². The molecule has 0 radical (unpaired) electrons. The van der Waals surface area contributed by atoms with Gasteiger partial charge in [0.05, 0.1) is 5.56 Å². The summed E-state index contributed by atoms with van der Waals surface area (Å²) in [7, 11) is 0. The monoisotopic (exact) mass is 440 g/mol. The van der Waals surface area contributed by atoms with E-state index in [1.165, 1.54) is 6.42 Å². The van der Waals surface area contributed by atoms with Gasteiger partial charge in [-0.2, -0.15) is 0 Å². The standard InChI is InChI=1S/C28H26N2O3.H2/c31-26-17-19-13-14-20(27(32)29-22-9-2-1-3-10-22)15-21(19)16-24(26)28(33)30-25-12-6-8-18-7-4-5-11-23(18)25;/h4-8,11-17,22,31H,1-3,9-10H2,(H,29,32)(H,30,33);1H. The van der Waals surface area contributed by atoms with Gasteiger partial charge in [0.2, 0.25) is 0 Å². The lowest BCUT2D eigenvalue weighted by Crippen LogP contribution is -2.36. The molecular weight excluding hydrogens is 412 g/mol. The molecule has 0 aromatic heterocycles. The number of hydrogen-bond donors (Lipinski definition) is 3. The van der Waals surface area contributed by atoms with Gasteiger partial charge < -0.3 is 15.7 Å². The van der Waals surface area contributed by atoms with Crippen LogP contribution in [0.3, 0.4) is 0 Å². The molecule has 0 aliphatic heterocycles. The summed E-state index contributed by atoms with van der Waals surface area (Å²) in [5, 5.41) is 20.0. The lowest BCUT2D eigenvalue weighted by molar-refractivity contribution is 0.0927. The van der Waals surface area contributed by atoms with Crippen molar-refractivity contribution in [2.75, 3.05) is 5.32 Å². The van der Waals surface area contributed by atoms with Crippen molar-refractivity contribution in [3.8, 4) is 5.75 Å². The van der Waals surface area contributed by atoms with E-state index in [4.69, 9.17) is 0 Å². The summed E-state index contributed by atoms with van der Waals surface area (Å²) in [6.45, 7) is 0. The van der Waals surface area contributed by atoms with Crippen molar-refractivity contribution < 1.29 is 16.1 Å². The Morgan fingerprint density at radius 3 is 2.42 bits per heavy atom.